The molecule has 0 bridgehead atoms. The molecule has 1 saturated carbocycles. The molecule has 3 rings (SSSR count). The summed E-state index contributed by atoms with van der Waals surface area (Å²) in [5, 5.41) is 4.83. The molecule has 17 heavy (non-hydrogen) atoms. The summed E-state index contributed by atoms with van der Waals surface area (Å²) in [6, 6.07) is 1.90. The van der Waals surface area contributed by atoms with E-state index in [2.05, 4.69) is 37.7 Å². The van der Waals surface area contributed by atoms with E-state index in [1.165, 1.54) is 12.8 Å². The third-order valence-corrected chi connectivity index (χ3v) is 4.40. The second-order valence-corrected chi connectivity index (χ2v) is 5.62. The van der Waals surface area contributed by atoms with Gasteiger partial charge in [0.1, 0.15) is 10.8 Å². The summed E-state index contributed by atoms with van der Waals surface area (Å²) >= 11 is 8.37. The molecule has 0 spiro atoms. The quantitative estimate of drug-likeness (QED) is 0.611. The third kappa shape index (κ3) is 2.18. The first-order valence-corrected chi connectivity index (χ1v) is 6.84. The third-order valence-electron chi connectivity index (χ3n) is 2.74. The van der Waals surface area contributed by atoms with Gasteiger partial charge in [0, 0.05) is 19.2 Å². The van der Waals surface area contributed by atoms with Gasteiger partial charge in [-0.3, -0.25) is 4.68 Å². The van der Waals surface area contributed by atoms with E-state index in [1.807, 2.05) is 19.3 Å². The first kappa shape index (κ1) is 11.4. The van der Waals surface area contributed by atoms with Crippen LogP contribution in [0.3, 0.4) is 0 Å². The summed E-state index contributed by atoms with van der Waals surface area (Å²) in [7, 11) is 1.87. The van der Waals surface area contributed by atoms with E-state index in [9.17, 15) is 0 Å². The van der Waals surface area contributed by atoms with E-state index < -0.39 is 0 Å². The predicted molar refractivity (Wildman–Crippen MR) is 73.9 cm³/mol. The average Bonchev–Trinajstić information content (AvgIpc) is 3.05. The van der Waals surface area contributed by atoms with Crippen molar-refractivity contribution in [1.82, 2.24) is 19.7 Å². The van der Waals surface area contributed by atoms with Crippen molar-refractivity contribution in [3.63, 3.8) is 0 Å². The summed E-state index contributed by atoms with van der Waals surface area (Å²) in [6.45, 7) is 0. The molecule has 4 nitrogen and oxygen atoms in total. The van der Waals surface area contributed by atoms with Crippen LogP contribution in [0.15, 0.2) is 12.3 Å². The normalized spacial score (nSPS) is 15.2. The Labute approximate surface area is 118 Å². The van der Waals surface area contributed by atoms with E-state index >= 15 is 0 Å². The van der Waals surface area contributed by atoms with Gasteiger partial charge in [0.25, 0.3) is 0 Å². The fourth-order valence-corrected chi connectivity index (χ4v) is 2.57. The van der Waals surface area contributed by atoms with E-state index in [4.69, 9.17) is 11.6 Å². The van der Waals surface area contributed by atoms with Crippen LogP contribution < -0.4 is 0 Å². The molecule has 1 fully saturated rings. The topological polar surface area (TPSA) is 43.6 Å². The molecule has 6 heteroatoms. The van der Waals surface area contributed by atoms with Gasteiger partial charge in [-0.2, -0.15) is 5.10 Å². The number of hydrogen-bond donors (Lipinski definition) is 0. The van der Waals surface area contributed by atoms with Crippen LogP contribution in [0.1, 0.15) is 24.5 Å². The summed E-state index contributed by atoms with van der Waals surface area (Å²) in [5.41, 5.74) is 1.85. The molecular weight excluding hydrogens is 351 g/mol. The van der Waals surface area contributed by atoms with Crippen molar-refractivity contribution in [1.29, 1.82) is 0 Å². The minimum absolute atomic E-state index is 0.531. The molecular formula is C11H10ClIN4. The maximum absolute atomic E-state index is 6.15. The van der Waals surface area contributed by atoms with Crippen molar-refractivity contribution in [3.8, 4) is 11.5 Å². The molecule has 0 aromatic carbocycles. The van der Waals surface area contributed by atoms with Crippen LogP contribution in [-0.4, -0.2) is 19.7 Å². The molecule has 0 aliphatic heterocycles. The number of nitrogens with zero attached hydrogens (tertiary/aromatic N) is 4. The molecule has 0 radical (unpaired) electrons. The highest BCUT2D eigenvalue weighted by molar-refractivity contribution is 14.1. The SMILES string of the molecule is Cn1ccc(-c2nc(Cl)c(I)c(C3CC3)n2)n1. The molecule has 2 aromatic heterocycles. The van der Waals surface area contributed by atoms with Gasteiger partial charge in [0.05, 0.1) is 9.26 Å². The average molecular weight is 361 g/mol. The summed E-state index contributed by atoms with van der Waals surface area (Å²) in [6.07, 6.45) is 4.28. The van der Waals surface area contributed by atoms with E-state index in [0.29, 0.717) is 16.9 Å². The Kier molecular flexibility index (Phi) is 2.82. The van der Waals surface area contributed by atoms with Crippen molar-refractivity contribution in [2.75, 3.05) is 0 Å². The minimum Gasteiger partial charge on any atom is -0.275 e. The molecule has 0 saturated heterocycles. The Morgan fingerprint density at radius 1 is 1.41 bits per heavy atom. The summed E-state index contributed by atoms with van der Waals surface area (Å²) < 4.78 is 2.72. The molecule has 0 unspecified atom stereocenters. The Hall–Kier alpha value is -0.690. The van der Waals surface area contributed by atoms with Gasteiger partial charge in [-0.05, 0) is 41.5 Å². The molecule has 0 N–H and O–H groups in total. The number of hydrogen-bond acceptors (Lipinski definition) is 3. The monoisotopic (exact) mass is 360 g/mol. The zero-order chi connectivity index (χ0) is 12.0. The Bertz CT molecular complexity index is 577. The zero-order valence-electron chi connectivity index (χ0n) is 9.19. The van der Waals surface area contributed by atoms with Crippen LogP contribution in [0, 0.1) is 3.57 Å². The molecule has 2 aromatic rings. The second kappa shape index (κ2) is 4.20. The molecule has 1 aliphatic rings. The number of rotatable bonds is 2. The van der Waals surface area contributed by atoms with Gasteiger partial charge in [0.2, 0.25) is 0 Å². The van der Waals surface area contributed by atoms with Crippen LogP contribution in [0.25, 0.3) is 11.5 Å². The highest BCUT2D eigenvalue weighted by Gasteiger charge is 2.29. The molecule has 0 amide bonds. The van der Waals surface area contributed by atoms with Crippen molar-refractivity contribution >= 4 is 34.2 Å². The van der Waals surface area contributed by atoms with Crippen molar-refractivity contribution in [3.05, 3.63) is 26.7 Å². The maximum Gasteiger partial charge on any atom is 0.181 e. The number of aryl methyl sites for hydroxylation is 1. The van der Waals surface area contributed by atoms with Crippen molar-refractivity contribution < 1.29 is 0 Å². The van der Waals surface area contributed by atoms with Crippen molar-refractivity contribution in [2.45, 2.75) is 18.8 Å². The highest BCUT2D eigenvalue weighted by atomic mass is 127. The second-order valence-electron chi connectivity index (χ2n) is 4.19. The predicted octanol–water partition coefficient (Wildman–Crippen LogP) is 3.01. The first-order chi connectivity index (χ1) is 8.15. The largest absolute Gasteiger partial charge is 0.275 e. The van der Waals surface area contributed by atoms with Crippen LogP contribution in [0.4, 0.5) is 0 Å². The Morgan fingerprint density at radius 2 is 2.18 bits per heavy atom. The molecule has 2 heterocycles. The minimum atomic E-state index is 0.531. The standard InChI is InChI=1S/C11H10ClIN4/c1-17-5-4-7(16-17)11-14-9(6-2-3-6)8(13)10(12)15-11/h4-6H,2-3H2,1H3. The molecule has 1 aliphatic carbocycles. The lowest BCUT2D eigenvalue weighted by Crippen LogP contribution is -2.00. The number of aromatic nitrogens is 4. The van der Waals surface area contributed by atoms with Gasteiger partial charge in [-0.15, -0.1) is 0 Å². The molecule has 88 valence electrons. The Balaban J connectivity index is 2.11. The lowest BCUT2D eigenvalue weighted by atomic mass is 10.2. The van der Waals surface area contributed by atoms with Gasteiger partial charge in [-0.25, -0.2) is 9.97 Å². The first-order valence-electron chi connectivity index (χ1n) is 5.38. The van der Waals surface area contributed by atoms with E-state index in [1.54, 1.807) is 4.68 Å². The summed E-state index contributed by atoms with van der Waals surface area (Å²) in [5.74, 6) is 1.18. The van der Waals surface area contributed by atoms with Crippen LogP contribution in [-0.2, 0) is 7.05 Å². The lowest BCUT2D eigenvalue weighted by Gasteiger charge is -2.05. The van der Waals surface area contributed by atoms with E-state index in [0.717, 1.165) is 15.0 Å². The fourth-order valence-electron chi connectivity index (χ4n) is 1.71. The smallest absolute Gasteiger partial charge is 0.181 e. The van der Waals surface area contributed by atoms with E-state index in [-0.39, 0.29) is 0 Å². The summed E-state index contributed by atoms with van der Waals surface area (Å²) in [4.78, 5) is 8.90. The van der Waals surface area contributed by atoms with Crippen LogP contribution >= 0.6 is 34.2 Å². The van der Waals surface area contributed by atoms with Gasteiger partial charge >= 0.3 is 0 Å². The zero-order valence-corrected chi connectivity index (χ0v) is 12.1. The Morgan fingerprint density at radius 3 is 2.76 bits per heavy atom. The maximum atomic E-state index is 6.15. The highest BCUT2D eigenvalue weighted by Crippen LogP contribution is 2.42. The number of halogens is 2. The van der Waals surface area contributed by atoms with Crippen LogP contribution in [0.2, 0.25) is 5.15 Å². The van der Waals surface area contributed by atoms with Gasteiger partial charge < -0.3 is 0 Å². The van der Waals surface area contributed by atoms with Crippen LogP contribution in [0.5, 0.6) is 0 Å². The van der Waals surface area contributed by atoms with Crippen molar-refractivity contribution in [2.24, 2.45) is 7.05 Å². The lowest BCUT2D eigenvalue weighted by molar-refractivity contribution is 0.768. The van der Waals surface area contributed by atoms with Gasteiger partial charge in [-0.1, -0.05) is 11.6 Å². The van der Waals surface area contributed by atoms with Gasteiger partial charge in [0.15, 0.2) is 5.82 Å². The molecule has 0 atom stereocenters. The fraction of sp³-hybridized carbons (Fsp3) is 0.364.